The maximum absolute atomic E-state index is 12.3. The van der Waals surface area contributed by atoms with Gasteiger partial charge in [0.25, 0.3) is 5.91 Å². The van der Waals surface area contributed by atoms with Crippen molar-refractivity contribution < 1.29 is 23.8 Å². The molecule has 0 unspecified atom stereocenters. The number of fused-ring (bicyclic) bond motifs is 1. The number of benzene rings is 2. The number of hydrogen-bond donors (Lipinski definition) is 1. The van der Waals surface area contributed by atoms with Crippen LogP contribution < -0.4 is 19.5 Å². The van der Waals surface area contributed by atoms with Gasteiger partial charge in [-0.2, -0.15) is 0 Å². The van der Waals surface area contributed by atoms with Gasteiger partial charge in [0.2, 0.25) is 12.7 Å². The third-order valence-corrected chi connectivity index (χ3v) is 4.11. The summed E-state index contributed by atoms with van der Waals surface area (Å²) in [5.41, 5.74) is 1.40. The summed E-state index contributed by atoms with van der Waals surface area (Å²) in [6.45, 7) is 3.06. The molecule has 0 aromatic heterocycles. The summed E-state index contributed by atoms with van der Waals surface area (Å²) in [6, 6.07) is 12.5. The molecule has 3 rings (SSSR count). The Morgan fingerprint density at radius 2 is 1.85 bits per heavy atom. The highest BCUT2D eigenvalue weighted by Gasteiger charge is 2.17. The summed E-state index contributed by atoms with van der Waals surface area (Å²) >= 11 is 0. The van der Waals surface area contributed by atoms with E-state index in [4.69, 9.17) is 14.2 Å². The summed E-state index contributed by atoms with van der Waals surface area (Å²) in [5, 5.41) is 2.64. The third-order valence-electron chi connectivity index (χ3n) is 4.11. The quantitative estimate of drug-likeness (QED) is 0.809. The first-order valence-corrected chi connectivity index (χ1v) is 8.70. The Kier molecular flexibility index (Phi) is 5.80. The van der Waals surface area contributed by atoms with E-state index in [0.717, 1.165) is 11.3 Å². The van der Waals surface area contributed by atoms with Crippen molar-refractivity contribution in [1.82, 2.24) is 10.2 Å². The van der Waals surface area contributed by atoms with Crippen LogP contribution in [0.1, 0.15) is 22.8 Å². The highest BCUT2D eigenvalue weighted by atomic mass is 16.7. The van der Waals surface area contributed by atoms with Gasteiger partial charge in [-0.3, -0.25) is 9.59 Å². The molecule has 0 aliphatic carbocycles. The van der Waals surface area contributed by atoms with Crippen molar-refractivity contribution in [3.05, 3.63) is 53.6 Å². The Morgan fingerprint density at radius 3 is 2.59 bits per heavy atom. The van der Waals surface area contributed by atoms with E-state index in [9.17, 15) is 9.59 Å². The van der Waals surface area contributed by atoms with Gasteiger partial charge in [0, 0.05) is 19.2 Å². The topological polar surface area (TPSA) is 77.1 Å². The molecule has 1 N–H and O–H groups in total. The molecule has 7 nitrogen and oxygen atoms in total. The third kappa shape index (κ3) is 4.69. The van der Waals surface area contributed by atoms with Crippen LogP contribution in [0.4, 0.5) is 0 Å². The van der Waals surface area contributed by atoms with E-state index >= 15 is 0 Å². The number of carbonyl (C=O) groups is 2. The molecular formula is C20H22N2O5. The largest absolute Gasteiger partial charge is 0.494 e. The van der Waals surface area contributed by atoms with E-state index in [2.05, 4.69) is 5.32 Å². The van der Waals surface area contributed by atoms with Gasteiger partial charge in [0.15, 0.2) is 11.5 Å². The molecule has 27 heavy (non-hydrogen) atoms. The van der Waals surface area contributed by atoms with E-state index in [1.54, 1.807) is 30.1 Å². The van der Waals surface area contributed by atoms with Crippen molar-refractivity contribution in [1.29, 1.82) is 0 Å². The highest BCUT2D eigenvalue weighted by molar-refractivity contribution is 5.97. The van der Waals surface area contributed by atoms with E-state index in [1.165, 1.54) is 0 Å². The van der Waals surface area contributed by atoms with Gasteiger partial charge >= 0.3 is 0 Å². The first-order chi connectivity index (χ1) is 13.1. The number of hydrogen-bond acceptors (Lipinski definition) is 5. The highest BCUT2D eigenvalue weighted by Crippen LogP contribution is 2.32. The molecule has 2 amide bonds. The number of nitrogens with zero attached hydrogens (tertiary/aromatic N) is 1. The predicted molar refractivity (Wildman–Crippen MR) is 99.0 cm³/mol. The maximum Gasteiger partial charge on any atom is 0.251 e. The first-order valence-electron chi connectivity index (χ1n) is 8.70. The standard InChI is InChI=1S/C20H22N2O5/c1-3-25-16-7-4-14(5-8-16)12-22(2)19(23)11-21-20(24)15-6-9-17-18(10-15)27-13-26-17/h4-10H,3,11-13H2,1-2H3,(H,21,24). The minimum atomic E-state index is -0.337. The fraction of sp³-hybridized carbons (Fsp3) is 0.300. The molecule has 1 aliphatic heterocycles. The van der Waals surface area contributed by atoms with Crippen molar-refractivity contribution in [2.24, 2.45) is 0 Å². The van der Waals surface area contributed by atoms with E-state index in [-0.39, 0.29) is 25.2 Å². The number of ether oxygens (including phenoxy) is 3. The van der Waals surface area contributed by atoms with Gasteiger partial charge in [0.1, 0.15) is 5.75 Å². The Hall–Kier alpha value is -3.22. The molecule has 0 bridgehead atoms. The van der Waals surface area contributed by atoms with Crippen LogP contribution >= 0.6 is 0 Å². The summed E-state index contributed by atoms with van der Waals surface area (Å²) in [7, 11) is 1.70. The predicted octanol–water partition coefficient (Wildman–Crippen LogP) is 2.20. The molecule has 0 radical (unpaired) electrons. The average molecular weight is 370 g/mol. The van der Waals surface area contributed by atoms with Gasteiger partial charge in [-0.25, -0.2) is 0 Å². The zero-order valence-electron chi connectivity index (χ0n) is 15.4. The lowest BCUT2D eigenvalue weighted by Gasteiger charge is -2.18. The van der Waals surface area contributed by atoms with Crippen molar-refractivity contribution in [2.45, 2.75) is 13.5 Å². The Balaban J connectivity index is 1.50. The van der Waals surface area contributed by atoms with Crippen LogP contribution in [-0.4, -0.2) is 43.7 Å². The lowest BCUT2D eigenvalue weighted by molar-refractivity contribution is -0.129. The second-order valence-corrected chi connectivity index (χ2v) is 6.08. The second-order valence-electron chi connectivity index (χ2n) is 6.08. The number of nitrogens with one attached hydrogen (secondary N) is 1. The van der Waals surface area contributed by atoms with Gasteiger partial charge in [-0.1, -0.05) is 12.1 Å². The van der Waals surface area contributed by atoms with Crippen LogP contribution in [0, 0.1) is 0 Å². The molecule has 142 valence electrons. The van der Waals surface area contributed by atoms with Crippen LogP contribution in [-0.2, 0) is 11.3 Å². The van der Waals surface area contributed by atoms with E-state index in [1.807, 2.05) is 31.2 Å². The van der Waals surface area contributed by atoms with Crippen LogP contribution in [0.5, 0.6) is 17.2 Å². The molecule has 0 spiro atoms. The Morgan fingerprint density at radius 1 is 1.11 bits per heavy atom. The van der Waals surface area contributed by atoms with Crippen molar-refractivity contribution in [3.8, 4) is 17.2 Å². The second kappa shape index (κ2) is 8.44. The molecule has 0 atom stereocenters. The van der Waals surface area contributed by atoms with Gasteiger partial charge in [-0.15, -0.1) is 0 Å². The number of carbonyl (C=O) groups excluding carboxylic acids is 2. The fourth-order valence-corrected chi connectivity index (χ4v) is 2.65. The van der Waals surface area contributed by atoms with Crippen molar-refractivity contribution >= 4 is 11.8 Å². The number of rotatable bonds is 7. The Bertz CT molecular complexity index is 820. The van der Waals surface area contributed by atoms with Crippen molar-refractivity contribution in [3.63, 3.8) is 0 Å². The smallest absolute Gasteiger partial charge is 0.251 e. The molecule has 0 saturated heterocycles. The molecule has 1 heterocycles. The molecule has 1 aliphatic rings. The van der Waals surface area contributed by atoms with Gasteiger partial charge in [-0.05, 0) is 42.8 Å². The summed E-state index contributed by atoms with van der Waals surface area (Å²) in [6.07, 6.45) is 0. The zero-order chi connectivity index (χ0) is 19.2. The van der Waals surface area contributed by atoms with E-state index in [0.29, 0.717) is 30.2 Å². The number of amides is 2. The molecule has 7 heteroatoms. The lowest BCUT2D eigenvalue weighted by atomic mass is 10.2. The summed E-state index contributed by atoms with van der Waals surface area (Å²) < 4.78 is 15.9. The monoisotopic (exact) mass is 370 g/mol. The van der Waals surface area contributed by atoms with E-state index < -0.39 is 0 Å². The first kappa shape index (κ1) is 18.6. The lowest BCUT2D eigenvalue weighted by Crippen LogP contribution is -2.37. The SMILES string of the molecule is CCOc1ccc(CN(C)C(=O)CNC(=O)c2ccc3c(c2)OCO3)cc1. The molecule has 2 aromatic carbocycles. The van der Waals surface area contributed by atoms with Crippen LogP contribution in [0.25, 0.3) is 0 Å². The number of likely N-dealkylation sites (N-methyl/N-ethyl adjacent to an activating group) is 1. The van der Waals surface area contributed by atoms with Crippen molar-refractivity contribution in [2.75, 3.05) is 27.0 Å². The normalized spacial score (nSPS) is 11.8. The molecular weight excluding hydrogens is 348 g/mol. The van der Waals surface area contributed by atoms with Crippen LogP contribution in [0.15, 0.2) is 42.5 Å². The summed E-state index contributed by atoms with van der Waals surface area (Å²) in [5.74, 6) is 1.42. The van der Waals surface area contributed by atoms with Gasteiger partial charge < -0.3 is 24.4 Å². The Labute approximate surface area is 157 Å². The fourth-order valence-electron chi connectivity index (χ4n) is 2.65. The molecule has 0 saturated carbocycles. The minimum Gasteiger partial charge on any atom is -0.494 e. The summed E-state index contributed by atoms with van der Waals surface area (Å²) in [4.78, 5) is 26.1. The maximum atomic E-state index is 12.3. The van der Waals surface area contributed by atoms with Gasteiger partial charge in [0.05, 0.1) is 13.2 Å². The van der Waals surface area contributed by atoms with Crippen LogP contribution in [0.3, 0.4) is 0 Å². The average Bonchev–Trinajstić information content (AvgIpc) is 3.15. The van der Waals surface area contributed by atoms with Crippen LogP contribution in [0.2, 0.25) is 0 Å². The zero-order valence-corrected chi connectivity index (χ0v) is 15.4. The molecule has 2 aromatic rings. The molecule has 0 fully saturated rings. The minimum absolute atomic E-state index is 0.0825.